The third-order valence-electron chi connectivity index (χ3n) is 5.46. The highest BCUT2D eigenvalue weighted by atomic mass is 32.2. The summed E-state index contributed by atoms with van der Waals surface area (Å²) in [5.74, 6) is -1.33. The van der Waals surface area contributed by atoms with Crippen LogP contribution in [-0.2, 0) is 21.2 Å². The van der Waals surface area contributed by atoms with Crippen LogP contribution in [0.15, 0.2) is 35.4 Å². The maximum absolute atomic E-state index is 13.7. The molecule has 36 heavy (non-hydrogen) atoms. The van der Waals surface area contributed by atoms with E-state index in [1.807, 2.05) is 0 Å². The molecular formula is C22H24FN5O7S. The maximum atomic E-state index is 13.7. The molecule has 1 atom stereocenters. The monoisotopic (exact) mass is 521 g/mol. The largest absolute Gasteiger partial charge is 0.494 e. The Hall–Kier alpha value is -3.78. The van der Waals surface area contributed by atoms with Gasteiger partial charge in [0, 0.05) is 13.0 Å². The molecule has 0 spiro atoms. The summed E-state index contributed by atoms with van der Waals surface area (Å²) in [5, 5.41) is 10.6. The van der Waals surface area contributed by atoms with E-state index in [9.17, 15) is 22.7 Å². The summed E-state index contributed by atoms with van der Waals surface area (Å²) in [5.41, 5.74) is -1.40. The molecule has 1 saturated heterocycles. The number of anilines is 1. The topological polar surface area (TPSA) is 155 Å². The summed E-state index contributed by atoms with van der Waals surface area (Å²) in [6.45, 7) is 0.435. The molecule has 0 saturated carbocycles. The van der Waals surface area contributed by atoms with E-state index in [-0.39, 0.29) is 35.3 Å². The van der Waals surface area contributed by atoms with Gasteiger partial charge in [-0.3, -0.25) is 14.1 Å². The van der Waals surface area contributed by atoms with Crippen molar-refractivity contribution >= 4 is 15.7 Å². The van der Waals surface area contributed by atoms with Gasteiger partial charge < -0.3 is 19.3 Å². The number of nitrogens with one attached hydrogen (secondary N) is 1. The lowest BCUT2D eigenvalue weighted by atomic mass is 10.2. The number of nitrogens with zero attached hydrogens (tertiary/aromatic N) is 4. The van der Waals surface area contributed by atoms with E-state index in [4.69, 9.17) is 14.2 Å². The Bertz CT molecular complexity index is 1390. The number of aromatic hydroxyl groups is 1. The van der Waals surface area contributed by atoms with Crippen molar-refractivity contribution in [2.24, 2.45) is 0 Å². The van der Waals surface area contributed by atoms with Crippen molar-refractivity contribution in [1.29, 1.82) is 0 Å². The average molecular weight is 522 g/mol. The molecule has 2 N–H and O–H groups in total. The smallest absolute Gasteiger partial charge is 0.286 e. The first-order chi connectivity index (χ1) is 17.2. The molecule has 2 aromatic heterocycles. The second-order valence-corrected chi connectivity index (χ2v) is 9.65. The van der Waals surface area contributed by atoms with Crippen molar-refractivity contribution in [3.8, 4) is 23.1 Å². The molecule has 0 amide bonds. The highest BCUT2D eigenvalue weighted by Gasteiger charge is 2.31. The number of benzene rings is 1. The molecule has 1 fully saturated rings. The van der Waals surface area contributed by atoms with Crippen LogP contribution < -0.4 is 19.8 Å². The van der Waals surface area contributed by atoms with Gasteiger partial charge in [0.25, 0.3) is 5.56 Å². The predicted octanol–water partition coefficient (Wildman–Crippen LogP) is 1.72. The number of para-hydroxylation sites is 1. The van der Waals surface area contributed by atoms with Crippen molar-refractivity contribution in [2.45, 2.75) is 25.4 Å². The van der Waals surface area contributed by atoms with Crippen LogP contribution in [0.25, 0.3) is 5.69 Å². The van der Waals surface area contributed by atoms with E-state index < -0.39 is 44.8 Å². The van der Waals surface area contributed by atoms with Crippen molar-refractivity contribution in [2.75, 3.05) is 31.3 Å². The Morgan fingerprint density at radius 2 is 1.89 bits per heavy atom. The number of halogens is 1. The van der Waals surface area contributed by atoms with Gasteiger partial charge in [-0.05, 0) is 25.0 Å². The van der Waals surface area contributed by atoms with Crippen LogP contribution in [0, 0.1) is 5.82 Å². The predicted molar refractivity (Wildman–Crippen MR) is 126 cm³/mol. The maximum Gasteiger partial charge on any atom is 0.286 e. The minimum atomic E-state index is -4.18. The van der Waals surface area contributed by atoms with E-state index in [1.165, 1.54) is 14.2 Å². The first-order valence-corrected chi connectivity index (χ1v) is 12.5. The fraction of sp³-hybridized carbons (Fsp3) is 0.364. The van der Waals surface area contributed by atoms with Crippen molar-refractivity contribution in [3.63, 3.8) is 0 Å². The summed E-state index contributed by atoms with van der Waals surface area (Å²) in [6, 6.07) is 4.86. The van der Waals surface area contributed by atoms with Crippen LogP contribution in [0.4, 0.5) is 10.1 Å². The van der Waals surface area contributed by atoms with Crippen LogP contribution in [0.3, 0.4) is 0 Å². The molecular weight excluding hydrogens is 497 g/mol. The van der Waals surface area contributed by atoms with Crippen molar-refractivity contribution in [1.82, 2.24) is 19.5 Å². The van der Waals surface area contributed by atoms with Gasteiger partial charge in [-0.2, -0.15) is 4.98 Å². The zero-order valence-corrected chi connectivity index (χ0v) is 20.3. The van der Waals surface area contributed by atoms with Crippen LogP contribution >= 0.6 is 0 Å². The van der Waals surface area contributed by atoms with Crippen LogP contribution in [0.5, 0.6) is 17.4 Å². The van der Waals surface area contributed by atoms with E-state index >= 15 is 0 Å². The van der Waals surface area contributed by atoms with Crippen LogP contribution in [0.2, 0.25) is 0 Å². The van der Waals surface area contributed by atoms with Gasteiger partial charge in [-0.1, -0.05) is 6.07 Å². The third-order valence-corrected chi connectivity index (χ3v) is 6.72. The molecule has 14 heteroatoms. The number of hydrogen-bond donors (Lipinski definition) is 2. The summed E-state index contributed by atoms with van der Waals surface area (Å²) in [6.07, 6.45) is 2.30. The minimum Gasteiger partial charge on any atom is -0.494 e. The SMILES string of the molecule is COc1cccc(OC)c1-n1c([C@@H]2CCCO2)nc(O)c(NS(=O)(=O)CCc2ncc(F)cn2)c1=O. The Morgan fingerprint density at radius 1 is 1.22 bits per heavy atom. The molecule has 4 rings (SSSR count). The van der Waals surface area contributed by atoms with Gasteiger partial charge in [0.1, 0.15) is 34.9 Å². The highest BCUT2D eigenvalue weighted by Crippen LogP contribution is 2.37. The first-order valence-electron chi connectivity index (χ1n) is 10.9. The molecule has 192 valence electrons. The van der Waals surface area contributed by atoms with Crippen molar-refractivity contribution < 1.29 is 32.1 Å². The van der Waals surface area contributed by atoms with Gasteiger partial charge in [0.05, 0.1) is 32.4 Å². The third kappa shape index (κ3) is 5.23. The van der Waals surface area contributed by atoms with Gasteiger partial charge in [-0.15, -0.1) is 0 Å². The van der Waals surface area contributed by atoms with Gasteiger partial charge in [-0.25, -0.2) is 22.8 Å². The lowest BCUT2D eigenvalue weighted by Crippen LogP contribution is -2.31. The number of aromatic nitrogens is 4. The minimum absolute atomic E-state index is 0.0699. The molecule has 0 unspecified atom stereocenters. The fourth-order valence-electron chi connectivity index (χ4n) is 3.78. The Balaban J connectivity index is 1.79. The van der Waals surface area contributed by atoms with E-state index in [1.54, 1.807) is 18.2 Å². The second-order valence-electron chi connectivity index (χ2n) is 7.81. The number of sulfonamides is 1. The summed E-state index contributed by atoms with van der Waals surface area (Å²) in [7, 11) is -1.37. The molecule has 0 aliphatic carbocycles. The Kier molecular flexibility index (Phi) is 7.35. The quantitative estimate of drug-likeness (QED) is 0.425. The van der Waals surface area contributed by atoms with E-state index in [0.717, 1.165) is 17.0 Å². The fourth-order valence-corrected chi connectivity index (χ4v) is 4.82. The number of hydrogen-bond acceptors (Lipinski definition) is 10. The number of rotatable bonds is 9. The van der Waals surface area contributed by atoms with Gasteiger partial charge in [0.2, 0.25) is 15.9 Å². The second kappa shape index (κ2) is 10.5. The zero-order valence-electron chi connectivity index (χ0n) is 19.5. The molecule has 0 radical (unpaired) electrons. The number of methoxy groups -OCH3 is 2. The molecule has 3 aromatic rings. The lowest BCUT2D eigenvalue weighted by Gasteiger charge is -2.21. The van der Waals surface area contributed by atoms with Gasteiger partial charge >= 0.3 is 0 Å². The lowest BCUT2D eigenvalue weighted by molar-refractivity contribution is 0.102. The standard InChI is InChI=1S/C22H24FN5O7S/c1-33-14-5-3-6-15(34-2)19(14)28-20(16-7-4-9-35-16)26-21(29)18(22(28)30)27-36(31,32)10-8-17-24-11-13(23)12-25-17/h3,5-6,11-12,16,27,29H,4,7-10H2,1-2H3/t16-/m0/s1. The molecule has 3 heterocycles. The summed E-state index contributed by atoms with van der Waals surface area (Å²) in [4.78, 5) is 25.3. The van der Waals surface area contributed by atoms with E-state index in [2.05, 4.69) is 19.7 Å². The first kappa shape index (κ1) is 25.3. The molecule has 1 aromatic carbocycles. The summed E-state index contributed by atoms with van der Waals surface area (Å²) < 4.78 is 58.4. The number of ether oxygens (including phenoxy) is 3. The van der Waals surface area contributed by atoms with Gasteiger partial charge in [0.15, 0.2) is 11.5 Å². The Labute approximate surface area is 205 Å². The summed E-state index contributed by atoms with van der Waals surface area (Å²) >= 11 is 0. The molecule has 0 bridgehead atoms. The molecule has 1 aliphatic heterocycles. The van der Waals surface area contributed by atoms with Crippen molar-refractivity contribution in [3.05, 3.63) is 58.4 Å². The highest BCUT2D eigenvalue weighted by molar-refractivity contribution is 7.92. The zero-order chi connectivity index (χ0) is 25.9. The molecule has 1 aliphatic rings. The molecule has 12 nitrogen and oxygen atoms in total. The average Bonchev–Trinajstić information content (AvgIpc) is 3.40. The van der Waals surface area contributed by atoms with Crippen LogP contribution in [-0.4, -0.2) is 59.6 Å². The number of aryl methyl sites for hydroxylation is 1. The normalized spacial score (nSPS) is 15.6. The Morgan fingerprint density at radius 3 is 2.47 bits per heavy atom. The van der Waals surface area contributed by atoms with Crippen LogP contribution in [0.1, 0.15) is 30.6 Å². The van der Waals surface area contributed by atoms with E-state index in [0.29, 0.717) is 19.4 Å².